The zero-order valence-corrected chi connectivity index (χ0v) is 16.4. The van der Waals surface area contributed by atoms with E-state index in [1.807, 2.05) is 0 Å². The average molecular weight is 394 g/mol. The number of carbonyl (C=O) groups excluding carboxylic acids is 2. The zero-order valence-electron chi connectivity index (χ0n) is 15.6. The van der Waals surface area contributed by atoms with Crippen molar-refractivity contribution in [3.05, 3.63) is 23.8 Å². The number of amides is 1. The maximum atomic E-state index is 12.2. The number of hydrogen-bond donors (Lipinski definition) is 1. The third kappa shape index (κ3) is 5.65. The van der Waals surface area contributed by atoms with E-state index in [1.54, 1.807) is 18.2 Å². The molecule has 0 saturated heterocycles. The van der Waals surface area contributed by atoms with Crippen LogP contribution in [0, 0.1) is 0 Å². The van der Waals surface area contributed by atoms with Gasteiger partial charge >= 0.3 is 5.97 Å². The van der Waals surface area contributed by atoms with Crippen molar-refractivity contribution in [2.45, 2.75) is 12.5 Å². The summed E-state index contributed by atoms with van der Waals surface area (Å²) in [6, 6.07) is 3.22. The Balaban J connectivity index is 2.04. The van der Waals surface area contributed by atoms with E-state index >= 15 is 0 Å². The fourth-order valence-electron chi connectivity index (χ4n) is 2.36. The Kier molecular flexibility index (Phi) is 7.54. The summed E-state index contributed by atoms with van der Waals surface area (Å²) in [5.41, 5.74) is 0.662. The number of esters is 1. The van der Waals surface area contributed by atoms with Crippen molar-refractivity contribution in [3.63, 3.8) is 0 Å². The predicted molar refractivity (Wildman–Crippen MR) is 104 cm³/mol. The molecule has 146 valence electrons. The molecule has 0 aromatic heterocycles. The zero-order chi connectivity index (χ0) is 19.8. The first kappa shape index (κ1) is 20.6. The first-order valence-corrected chi connectivity index (χ1v) is 9.05. The fraction of sp³-hybridized carbons (Fsp3) is 0.389. The highest BCUT2D eigenvalue weighted by atomic mass is 32.2. The molecule has 0 aliphatic carbocycles. The summed E-state index contributed by atoms with van der Waals surface area (Å²) in [6.45, 7) is 0. The molecule has 0 fully saturated rings. The minimum absolute atomic E-state index is 0.187. The number of ether oxygens (including phenoxy) is 4. The summed E-state index contributed by atoms with van der Waals surface area (Å²) in [5, 5.41) is 3.18. The second-order valence-corrected chi connectivity index (χ2v) is 6.46. The van der Waals surface area contributed by atoms with Crippen molar-refractivity contribution in [1.29, 1.82) is 0 Å². The van der Waals surface area contributed by atoms with Gasteiger partial charge in [0.05, 0.1) is 40.9 Å². The Labute approximate surface area is 161 Å². The van der Waals surface area contributed by atoms with Crippen LogP contribution in [0.2, 0.25) is 0 Å². The molecule has 1 amide bonds. The number of rotatable bonds is 7. The van der Waals surface area contributed by atoms with Crippen LogP contribution in [-0.4, -0.2) is 57.3 Å². The van der Waals surface area contributed by atoms with E-state index in [0.717, 1.165) is 0 Å². The topological polar surface area (TPSA) is 95.5 Å². The van der Waals surface area contributed by atoms with Gasteiger partial charge in [-0.1, -0.05) is 11.8 Å². The molecule has 1 aliphatic rings. The summed E-state index contributed by atoms with van der Waals surface area (Å²) in [7, 11) is 5.94. The Morgan fingerprint density at radius 1 is 1.15 bits per heavy atom. The van der Waals surface area contributed by atoms with Crippen LogP contribution in [0.1, 0.15) is 12.0 Å². The first-order chi connectivity index (χ1) is 13.0. The van der Waals surface area contributed by atoms with Crippen LogP contribution in [0.25, 0.3) is 6.08 Å². The number of methoxy groups -OCH3 is 4. The van der Waals surface area contributed by atoms with E-state index in [2.05, 4.69) is 15.0 Å². The Hall–Kier alpha value is -2.68. The summed E-state index contributed by atoms with van der Waals surface area (Å²) in [4.78, 5) is 27.7. The Bertz CT molecular complexity index is 762. The van der Waals surface area contributed by atoms with Gasteiger partial charge in [-0.15, -0.1) is 0 Å². The molecule has 0 saturated carbocycles. The number of thioether (sulfide) groups is 1. The van der Waals surface area contributed by atoms with Gasteiger partial charge in [0.25, 0.3) is 0 Å². The molecular formula is C18H22N2O6S. The van der Waals surface area contributed by atoms with Crippen molar-refractivity contribution < 1.29 is 28.5 Å². The molecule has 1 aromatic rings. The minimum Gasteiger partial charge on any atom is -0.496 e. The van der Waals surface area contributed by atoms with E-state index in [9.17, 15) is 9.59 Å². The van der Waals surface area contributed by atoms with Gasteiger partial charge in [-0.05, 0) is 12.1 Å². The van der Waals surface area contributed by atoms with Crippen molar-refractivity contribution in [1.82, 2.24) is 5.32 Å². The first-order valence-electron chi connectivity index (χ1n) is 8.07. The van der Waals surface area contributed by atoms with Crippen LogP contribution < -0.4 is 19.5 Å². The van der Waals surface area contributed by atoms with Gasteiger partial charge in [0.15, 0.2) is 16.7 Å². The van der Waals surface area contributed by atoms with E-state index < -0.39 is 0 Å². The van der Waals surface area contributed by atoms with Gasteiger partial charge in [0, 0.05) is 23.5 Å². The lowest BCUT2D eigenvalue weighted by Crippen LogP contribution is -2.25. The Morgan fingerprint density at radius 3 is 2.44 bits per heavy atom. The summed E-state index contributed by atoms with van der Waals surface area (Å²) >= 11 is 1.39. The van der Waals surface area contributed by atoms with Gasteiger partial charge in [-0.3, -0.25) is 14.6 Å². The van der Waals surface area contributed by atoms with Gasteiger partial charge in [-0.25, -0.2) is 0 Å². The SMILES string of the molecule is COC(=O)CC1CSC(NC(=O)C=Cc2cc(OC)c(OC)cc2OC)=N1. The highest BCUT2D eigenvalue weighted by Crippen LogP contribution is 2.35. The number of aliphatic imine (C=N–C) groups is 1. The monoisotopic (exact) mass is 394 g/mol. The van der Waals surface area contributed by atoms with Crippen LogP contribution in [0.15, 0.2) is 23.2 Å². The fourth-order valence-corrected chi connectivity index (χ4v) is 3.30. The lowest BCUT2D eigenvalue weighted by molar-refractivity contribution is -0.140. The second-order valence-electron chi connectivity index (χ2n) is 5.45. The molecule has 1 heterocycles. The van der Waals surface area contributed by atoms with E-state index in [1.165, 1.54) is 46.3 Å². The van der Waals surface area contributed by atoms with Gasteiger partial charge < -0.3 is 24.3 Å². The molecule has 1 aromatic carbocycles. The molecule has 1 unspecified atom stereocenters. The van der Waals surface area contributed by atoms with Crippen LogP contribution in [0.5, 0.6) is 17.2 Å². The van der Waals surface area contributed by atoms with Crippen molar-refractivity contribution in [2.75, 3.05) is 34.2 Å². The lowest BCUT2D eigenvalue weighted by Gasteiger charge is -2.12. The second kappa shape index (κ2) is 9.86. The van der Waals surface area contributed by atoms with Crippen molar-refractivity contribution >= 4 is 34.9 Å². The van der Waals surface area contributed by atoms with Gasteiger partial charge in [0.1, 0.15) is 5.75 Å². The molecule has 1 aliphatic heterocycles. The molecule has 27 heavy (non-hydrogen) atoms. The standard InChI is InChI=1S/C18H22N2O6S/c1-23-13-9-15(25-3)14(24-2)7-11(13)5-6-16(21)20-18-19-12(10-27-18)8-17(22)26-4/h5-7,9,12H,8,10H2,1-4H3,(H,19,20,21). The van der Waals surface area contributed by atoms with Crippen LogP contribution in [0.3, 0.4) is 0 Å². The van der Waals surface area contributed by atoms with Gasteiger partial charge in [-0.2, -0.15) is 0 Å². The molecule has 1 N–H and O–H groups in total. The third-order valence-corrected chi connectivity index (χ3v) is 4.75. The average Bonchev–Trinajstić information content (AvgIpc) is 3.11. The number of carbonyl (C=O) groups is 2. The molecular weight excluding hydrogens is 372 g/mol. The number of nitrogens with zero attached hydrogens (tertiary/aromatic N) is 1. The number of hydrogen-bond acceptors (Lipinski definition) is 8. The number of amidine groups is 1. The number of benzene rings is 1. The molecule has 1 atom stereocenters. The van der Waals surface area contributed by atoms with Crippen LogP contribution in [0.4, 0.5) is 0 Å². The largest absolute Gasteiger partial charge is 0.496 e. The van der Waals surface area contributed by atoms with Crippen LogP contribution >= 0.6 is 11.8 Å². The molecule has 0 bridgehead atoms. The van der Waals surface area contributed by atoms with E-state index in [4.69, 9.17) is 14.2 Å². The highest BCUT2D eigenvalue weighted by molar-refractivity contribution is 8.14. The van der Waals surface area contributed by atoms with Crippen molar-refractivity contribution in [2.24, 2.45) is 4.99 Å². The smallest absolute Gasteiger partial charge is 0.307 e. The molecule has 9 heteroatoms. The van der Waals surface area contributed by atoms with E-state index in [0.29, 0.717) is 33.7 Å². The Morgan fingerprint density at radius 2 is 1.81 bits per heavy atom. The molecule has 2 rings (SSSR count). The van der Waals surface area contributed by atoms with Crippen molar-refractivity contribution in [3.8, 4) is 17.2 Å². The lowest BCUT2D eigenvalue weighted by atomic mass is 10.1. The normalized spacial score (nSPS) is 16.0. The quantitative estimate of drug-likeness (QED) is 0.557. The maximum absolute atomic E-state index is 12.2. The summed E-state index contributed by atoms with van der Waals surface area (Å²) in [6.07, 6.45) is 3.18. The summed E-state index contributed by atoms with van der Waals surface area (Å²) < 4.78 is 20.5. The minimum atomic E-state index is -0.336. The highest BCUT2D eigenvalue weighted by Gasteiger charge is 2.22. The number of nitrogens with one attached hydrogen (secondary N) is 1. The van der Waals surface area contributed by atoms with Gasteiger partial charge in [0.2, 0.25) is 5.91 Å². The van der Waals surface area contributed by atoms with E-state index in [-0.39, 0.29) is 24.3 Å². The molecule has 8 nitrogen and oxygen atoms in total. The molecule has 0 radical (unpaired) electrons. The van der Waals surface area contributed by atoms with Crippen LogP contribution in [-0.2, 0) is 14.3 Å². The maximum Gasteiger partial charge on any atom is 0.307 e. The summed E-state index contributed by atoms with van der Waals surface area (Å²) in [5.74, 6) is 1.57. The third-order valence-electron chi connectivity index (χ3n) is 3.72. The predicted octanol–water partition coefficient (Wildman–Crippen LogP) is 1.88. The molecule has 0 spiro atoms.